The zero-order valence-corrected chi connectivity index (χ0v) is 15.0. The Bertz CT molecular complexity index is 689. The summed E-state index contributed by atoms with van der Waals surface area (Å²) >= 11 is 0. The van der Waals surface area contributed by atoms with Gasteiger partial charge in [-0.3, -0.25) is 9.69 Å². The highest BCUT2D eigenvalue weighted by molar-refractivity contribution is 5.92. The number of anilines is 2. The molecule has 0 aliphatic carbocycles. The summed E-state index contributed by atoms with van der Waals surface area (Å²) in [5.41, 5.74) is 3.17. The number of carbonyl (C=O) groups excluding carboxylic acids is 1. The van der Waals surface area contributed by atoms with Gasteiger partial charge in [-0.15, -0.1) is 0 Å². The number of carbonyl (C=O) groups is 1. The Morgan fingerprint density at radius 1 is 1.04 bits per heavy atom. The predicted octanol–water partition coefficient (Wildman–Crippen LogP) is 2.85. The molecule has 1 saturated heterocycles. The molecule has 3 rings (SSSR count). The van der Waals surface area contributed by atoms with Gasteiger partial charge in [0.1, 0.15) is 5.82 Å². The number of aromatic nitrogens is 1. The number of para-hydroxylation sites is 1. The molecule has 0 atom stereocenters. The van der Waals surface area contributed by atoms with Crippen LogP contribution in [0.1, 0.15) is 17.5 Å². The first-order valence-corrected chi connectivity index (χ1v) is 8.88. The molecule has 1 aromatic carbocycles. The lowest BCUT2D eigenvalue weighted by atomic mass is 10.1. The van der Waals surface area contributed by atoms with E-state index in [0.29, 0.717) is 6.42 Å². The van der Waals surface area contributed by atoms with Crippen LogP contribution in [0.2, 0.25) is 0 Å². The van der Waals surface area contributed by atoms with E-state index in [1.165, 1.54) is 0 Å². The van der Waals surface area contributed by atoms with Gasteiger partial charge in [0.2, 0.25) is 5.91 Å². The minimum Gasteiger partial charge on any atom is -0.354 e. The molecule has 0 unspecified atom stereocenters. The van der Waals surface area contributed by atoms with E-state index in [0.717, 1.165) is 55.4 Å². The predicted molar refractivity (Wildman–Crippen MR) is 102 cm³/mol. The van der Waals surface area contributed by atoms with Crippen molar-refractivity contribution in [2.24, 2.45) is 0 Å². The molecule has 1 amide bonds. The zero-order chi connectivity index (χ0) is 17.6. The van der Waals surface area contributed by atoms with Crippen molar-refractivity contribution < 1.29 is 4.79 Å². The van der Waals surface area contributed by atoms with Gasteiger partial charge in [-0.2, -0.15) is 0 Å². The van der Waals surface area contributed by atoms with E-state index in [1.54, 1.807) is 0 Å². The molecule has 1 aliphatic heterocycles. The highest BCUT2D eigenvalue weighted by Crippen LogP contribution is 2.19. The first-order chi connectivity index (χ1) is 12.1. The summed E-state index contributed by atoms with van der Waals surface area (Å²) in [4.78, 5) is 21.3. The second-order valence-electron chi connectivity index (χ2n) is 6.58. The maximum atomic E-state index is 12.3. The zero-order valence-electron chi connectivity index (χ0n) is 15.0. The van der Waals surface area contributed by atoms with Gasteiger partial charge in [-0.25, -0.2) is 4.98 Å². The van der Waals surface area contributed by atoms with Crippen LogP contribution in [0, 0.1) is 13.8 Å². The Kier molecular flexibility index (Phi) is 5.66. The van der Waals surface area contributed by atoms with Gasteiger partial charge < -0.3 is 10.2 Å². The highest BCUT2D eigenvalue weighted by Gasteiger charge is 2.18. The monoisotopic (exact) mass is 338 g/mol. The average molecular weight is 338 g/mol. The molecule has 1 fully saturated rings. The summed E-state index contributed by atoms with van der Waals surface area (Å²) in [6, 6.07) is 12.1. The van der Waals surface area contributed by atoms with Crippen LogP contribution in [-0.2, 0) is 4.79 Å². The minimum absolute atomic E-state index is 0.0876. The molecule has 1 N–H and O–H groups in total. The molecular formula is C20H26N4O. The van der Waals surface area contributed by atoms with E-state index in [9.17, 15) is 4.79 Å². The van der Waals surface area contributed by atoms with Crippen LogP contribution < -0.4 is 10.2 Å². The standard InChI is InChI=1S/C20H26N4O/c1-16-6-5-7-17(2)20(16)22-19(25)9-11-23-12-14-24(15-13-23)18-8-3-4-10-21-18/h3-8,10H,9,11-15H2,1-2H3,(H,22,25). The Balaban J connectivity index is 1.45. The molecule has 0 saturated carbocycles. The van der Waals surface area contributed by atoms with Gasteiger partial charge >= 0.3 is 0 Å². The van der Waals surface area contributed by atoms with E-state index >= 15 is 0 Å². The fourth-order valence-electron chi connectivity index (χ4n) is 3.21. The SMILES string of the molecule is Cc1cccc(C)c1NC(=O)CCN1CCN(c2ccccn2)CC1. The molecule has 2 aromatic rings. The lowest BCUT2D eigenvalue weighted by molar-refractivity contribution is -0.116. The second-order valence-corrected chi connectivity index (χ2v) is 6.58. The van der Waals surface area contributed by atoms with E-state index in [1.807, 2.05) is 56.4 Å². The summed E-state index contributed by atoms with van der Waals surface area (Å²) in [7, 11) is 0. The number of pyridine rings is 1. The first-order valence-electron chi connectivity index (χ1n) is 8.88. The smallest absolute Gasteiger partial charge is 0.225 e. The van der Waals surface area contributed by atoms with Crippen LogP contribution in [0.5, 0.6) is 0 Å². The third-order valence-corrected chi connectivity index (χ3v) is 4.75. The summed E-state index contributed by atoms with van der Waals surface area (Å²) in [5.74, 6) is 1.12. The third kappa shape index (κ3) is 4.57. The second kappa shape index (κ2) is 8.12. The Labute approximate surface area is 149 Å². The fourth-order valence-corrected chi connectivity index (χ4v) is 3.21. The van der Waals surface area contributed by atoms with E-state index in [-0.39, 0.29) is 5.91 Å². The van der Waals surface area contributed by atoms with Gasteiger partial charge in [0, 0.05) is 51.0 Å². The van der Waals surface area contributed by atoms with Crippen molar-refractivity contribution in [2.75, 3.05) is 42.9 Å². The Hall–Kier alpha value is -2.40. The van der Waals surface area contributed by atoms with Crippen LogP contribution in [-0.4, -0.2) is 48.5 Å². The van der Waals surface area contributed by atoms with Gasteiger partial charge in [-0.05, 0) is 37.1 Å². The topological polar surface area (TPSA) is 48.5 Å². The molecule has 0 spiro atoms. The Morgan fingerprint density at radius 2 is 1.76 bits per heavy atom. The maximum absolute atomic E-state index is 12.3. The summed E-state index contributed by atoms with van der Waals surface area (Å²) in [5, 5.41) is 3.07. The lowest BCUT2D eigenvalue weighted by Gasteiger charge is -2.35. The van der Waals surface area contributed by atoms with Crippen molar-refractivity contribution in [3.05, 3.63) is 53.7 Å². The van der Waals surface area contributed by atoms with Crippen molar-refractivity contribution >= 4 is 17.4 Å². The molecule has 1 aromatic heterocycles. The van der Waals surface area contributed by atoms with Crippen molar-refractivity contribution in [3.63, 3.8) is 0 Å². The number of nitrogens with zero attached hydrogens (tertiary/aromatic N) is 3. The highest BCUT2D eigenvalue weighted by atomic mass is 16.1. The van der Waals surface area contributed by atoms with E-state index in [2.05, 4.69) is 20.1 Å². The molecule has 5 nitrogen and oxygen atoms in total. The molecule has 0 radical (unpaired) electrons. The number of piperazine rings is 1. The number of aryl methyl sites for hydroxylation is 2. The van der Waals surface area contributed by atoms with E-state index in [4.69, 9.17) is 0 Å². The quantitative estimate of drug-likeness (QED) is 0.911. The third-order valence-electron chi connectivity index (χ3n) is 4.75. The van der Waals surface area contributed by atoms with Crippen molar-refractivity contribution in [2.45, 2.75) is 20.3 Å². The largest absolute Gasteiger partial charge is 0.354 e. The number of hydrogen-bond donors (Lipinski definition) is 1. The van der Waals surface area contributed by atoms with Crippen molar-refractivity contribution in [3.8, 4) is 0 Å². The van der Waals surface area contributed by atoms with Crippen LogP contribution in [0.25, 0.3) is 0 Å². The summed E-state index contributed by atoms with van der Waals surface area (Å²) in [6.07, 6.45) is 2.36. The molecule has 25 heavy (non-hydrogen) atoms. The summed E-state index contributed by atoms with van der Waals surface area (Å²) < 4.78 is 0. The maximum Gasteiger partial charge on any atom is 0.225 e. The molecular weight excluding hydrogens is 312 g/mol. The number of nitrogens with one attached hydrogen (secondary N) is 1. The normalized spacial score (nSPS) is 15.2. The molecule has 2 heterocycles. The molecule has 5 heteroatoms. The Morgan fingerprint density at radius 3 is 2.40 bits per heavy atom. The molecule has 132 valence electrons. The fraction of sp³-hybridized carbons (Fsp3) is 0.400. The van der Waals surface area contributed by atoms with Gasteiger partial charge in [0.25, 0.3) is 0 Å². The van der Waals surface area contributed by atoms with Crippen LogP contribution in [0.4, 0.5) is 11.5 Å². The first kappa shape index (κ1) is 17.4. The van der Waals surface area contributed by atoms with Crippen molar-refractivity contribution in [1.29, 1.82) is 0 Å². The number of benzene rings is 1. The van der Waals surface area contributed by atoms with E-state index < -0.39 is 0 Å². The molecule has 0 bridgehead atoms. The molecule has 1 aliphatic rings. The average Bonchev–Trinajstić information content (AvgIpc) is 2.64. The van der Waals surface area contributed by atoms with Crippen molar-refractivity contribution in [1.82, 2.24) is 9.88 Å². The number of rotatable bonds is 5. The summed E-state index contributed by atoms with van der Waals surface area (Å²) in [6.45, 7) is 8.69. The van der Waals surface area contributed by atoms with Gasteiger partial charge in [0.05, 0.1) is 0 Å². The van der Waals surface area contributed by atoms with Crippen LogP contribution in [0.15, 0.2) is 42.6 Å². The number of hydrogen-bond acceptors (Lipinski definition) is 4. The van der Waals surface area contributed by atoms with Gasteiger partial charge in [0.15, 0.2) is 0 Å². The number of amides is 1. The minimum atomic E-state index is 0.0876. The van der Waals surface area contributed by atoms with Gasteiger partial charge in [-0.1, -0.05) is 24.3 Å². The van der Waals surface area contributed by atoms with Crippen LogP contribution >= 0.6 is 0 Å². The lowest BCUT2D eigenvalue weighted by Crippen LogP contribution is -2.47. The van der Waals surface area contributed by atoms with Crippen LogP contribution in [0.3, 0.4) is 0 Å².